The Balaban J connectivity index is 2.42. The zero-order chi connectivity index (χ0) is 7.40. The van der Waals surface area contributed by atoms with Gasteiger partial charge in [-0.3, -0.25) is 0 Å². The number of halogens is 1. The van der Waals surface area contributed by atoms with E-state index < -0.39 is 6.08 Å². The molecule has 1 aromatic heterocycles. The first-order valence-electron chi connectivity index (χ1n) is 3.26. The number of aryl methyl sites for hydroxylation is 1. The Kier molecular flexibility index (Phi) is 2.30. The van der Waals surface area contributed by atoms with E-state index >= 15 is 0 Å². The third-order valence-electron chi connectivity index (χ3n) is 1.14. The highest BCUT2D eigenvalue weighted by molar-refractivity contribution is 4.45. The molecule has 0 saturated carbocycles. The van der Waals surface area contributed by atoms with Crippen molar-refractivity contribution in [1.29, 1.82) is 0 Å². The molecule has 0 spiro atoms. The van der Waals surface area contributed by atoms with E-state index in [-0.39, 0.29) is 0 Å². The molecule has 0 fully saturated rings. The van der Waals surface area contributed by atoms with Crippen molar-refractivity contribution in [3.05, 3.63) is 6.08 Å². The topological polar surface area (TPSA) is 43.6 Å². The number of unbranched alkanes of at least 4 members (excludes halogenated alkanes) is 1. The third kappa shape index (κ3) is 1.75. The van der Waals surface area contributed by atoms with Crippen LogP contribution in [0.4, 0.5) is 4.39 Å². The molecule has 0 bridgehead atoms. The monoisotopic (exact) mass is 144 g/mol. The summed E-state index contributed by atoms with van der Waals surface area (Å²) < 4.78 is 12.0. The van der Waals surface area contributed by atoms with Gasteiger partial charge in [0.2, 0.25) is 0 Å². The third-order valence-corrected chi connectivity index (χ3v) is 1.14. The van der Waals surface area contributed by atoms with Gasteiger partial charge < -0.3 is 0 Å². The molecule has 0 saturated heterocycles. The molecule has 1 heterocycles. The van der Waals surface area contributed by atoms with Crippen LogP contribution in [0.3, 0.4) is 0 Å². The molecule has 56 valence electrons. The summed E-state index contributed by atoms with van der Waals surface area (Å²) in [7, 11) is 0. The minimum absolute atomic E-state index is 0.646. The maximum absolute atomic E-state index is 12.0. The SMILES string of the molecule is CCCCn1nnc(F)n1. The lowest BCUT2D eigenvalue weighted by Crippen LogP contribution is -2.01. The van der Waals surface area contributed by atoms with E-state index in [0.29, 0.717) is 6.54 Å². The molecule has 1 rings (SSSR count). The van der Waals surface area contributed by atoms with E-state index in [1.165, 1.54) is 4.80 Å². The minimum Gasteiger partial charge on any atom is -0.162 e. The van der Waals surface area contributed by atoms with Gasteiger partial charge in [0.05, 0.1) is 6.54 Å². The van der Waals surface area contributed by atoms with Gasteiger partial charge in [0, 0.05) is 0 Å². The molecule has 0 aliphatic heterocycles. The summed E-state index contributed by atoms with van der Waals surface area (Å²) in [5, 5.41) is 9.91. The quantitative estimate of drug-likeness (QED) is 0.624. The number of tetrazole rings is 1. The van der Waals surface area contributed by atoms with E-state index in [4.69, 9.17) is 0 Å². The molecule has 1 aromatic rings. The summed E-state index contributed by atoms with van der Waals surface area (Å²) >= 11 is 0. The van der Waals surface area contributed by atoms with Crippen LogP contribution < -0.4 is 0 Å². The fraction of sp³-hybridized carbons (Fsp3) is 0.800. The fourth-order valence-electron chi connectivity index (χ4n) is 0.618. The smallest absolute Gasteiger partial charge is 0.162 e. The Morgan fingerprint density at radius 2 is 2.40 bits per heavy atom. The van der Waals surface area contributed by atoms with E-state index in [1.807, 2.05) is 6.92 Å². The standard InChI is InChI=1S/C5H9FN4/c1-2-3-4-10-8-5(6)7-9-10/h2-4H2,1H3. The van der Waals surface area contributed by atoms with Gasteiger partial charge in [-0.2, -0.15) is 9.19 Å². The van der Waals surface area contributed by atoms with E-state index in [2.05, 4.69) is 15.4 Å². The van der Waals surface area contributed by atoms with Crippen molar-refractivity contribution < 1.29 is 4.39 Å². The van der Waals surface area contributed by atoms with Crippen LogP contribution in [-0.4, -0.2) is 20.2 Å². The number of nitrogens with zero attached hydrogens (tertiary/aromatic N) is 4. The van der Waals surface area contributed by atoms with Gasteiger partial charge in [0.25, 0.3) is 0 Å². The maximum atomic E-state index is 12.0. The second-order valence-electron chi connectivity index (χ2n) is 2.01. The molecule has 0 unspecified atom stereocenters. The van der Waals surface area contributed by atoms with Crippen molar-refractivity contribution in [1.82, 2.24) is 20.2 Å². The summed E-state index contributed by atoms with van der Waals surface area (Å²) in [6.07, 6.45) is 1.25. The highest BCUT2D eigenvalue weighted by Crippen LogP contribution is 1.89. The van der Waals surface area contributed by atoms with Gasteiger partial charge in [-0.25, -0.2) is 0 Å². The zero-order valence-electron chi connectivity index (χ0n) is 5.79. The van der Waals surface area contributed by atoms with Crippen molar-refractivity contribution >= 4 is 0 Å². The predicted molar refractivity (Wildman–Crippen MR) is 32.7 cm³/mol. The molecule has 0 amide bonds. The lowest BCUT2D eigenvalue weighted by atomic mass is 10.3. The summed E-state index contributed by atoms with van der Waals surface area (Å²) in [6.45, 7) is 2.70. The zero-order valence-corrected chi connectivity index (χ0v) is 5.79. The summed E-state index contributed by atoms with van der Waals surface area (Å²) in [5.41, 5.74) is 0. The Morgan fingerprint density at radius 1 is 1.60 bits per heavy atom. The molecule has 10 heavy (non-hydrogen) atoms. The van der Waals surface area contributed by atoms with E-state index in [0.717, 1.165) is 12.8 Å². The first-order valence-corrected chi connectivity index (χ1v) is 3.26. The Hall–Kier alpha value is -1.00. The van der Waals surface area contributed by atoms with Crippen LogP contribution in [0, 0.1) is 6.08 Å². The van der Waals surface area contributed by atoms with Gasteiger partial charge in [-0.1, -0.05) is 18.4 Å². The van der Waals surface area contributed by atoms with Gasteiger partial charge in [-0.15, -0.1) is 5.10 Å². The van der Waals surface area contributed by atoms with Crippen LogP contribution in [0.15, 0.2) is 0 Å². The number of hydrogen-bond acceptors (Lipinski definition) is 3. The Bertz CT molecular complexity index is 197. The molecule has 0 aromatic carbocycles. The summed E-state index contributed by atoms with van der Waals surface area (Å²) in [5.74, 6) is 0. The molecule has 0 atom stereocenters. The van der Waals surface area contributed by atoms with Gasteiger partial charge in [0.1, 0.15) is 0 Å². The lowest BCUT2D eigenvalue weighted by Gasteiger charge is -1.92. The van der Waals surface area contributed by atoms with Crippen LogP contribution in [0.2, 0.25) is 0 Å². The first kappa shape index (κ1) is 7.11. The fourth-order valence-corrected chi connectivity index (χ4v) is 0.618. The normalized spacial score (nSPS) is 10.2. The summed E-state index contributed by atoms with van der Waals surface area (Å²) in [6, 6.07) is 0. The highest BCUT2D eigenvalue weighted by Gasteiger charge is 1.97. The number of hydrogen-bond donors (Lipinski definition) is 0. The molecule has 0 N–H and O–H groups in total. The minimum atomic E-state index is -0.754. The van der Waals surface area contributed by atoms with Gasteiger partial charge in [-0.05, 0) is 11.6 Å². The van der Waals surface area contributed by atoms with Crippen molar-refractivity contribution in [3.8, 4) is 0 Å². The number of rotatable bonds is 3. The summed E-state index contributed by atoms with van der Waals surface area (Å²) in [4.78, 5) is 1.26. The van der Waals surface area contributed by atoms with Crippen molar-refractivity contribution in [2.75, 3.05) is 0 Å². The second-order valence-corrected chi connectivity index (χ2v) is 2.01. The van der Waals surface area contributed by atoms with E-state index in [9.17, 15) is 4.39 Å². The Labute approximate surface area is 58.0 Å². The van der Waals surface area contributed by atoms with Crippen molar-refractivity contribution in [3.63, 3.8) is 0 Å². The largest absolute Gasteiger partial charge is 0.347 e. The molecule has 0 aliphatic rings. The predicted octanol–water partition coefficient (Wildman–Crippen LogP) is 0.612. The van der Waals surface area contributed by atoms with Crippen LogP contribution in [0.1, 0.15) is 19.8 Å². The van der Waals surface area contributed by atoms with Crippen LogP contribution >= 0.6 is 0 Å². The molecule has 5 heteroatoms. The van der Waals surface area contributed by atoms with Crippen molar-refractivity contribution in [2.45, 2.75) is 26.3 Å². The molecule has 4 nitrogen and oxygen atoms in total. The maximum Gasteiger partial charge on any atom is 0.347 e. The average Bonchev–Trinajstić information content (AvgIpc) is 2.31. The molecular weight excluding hydrogens is 135 g/mol. The van der Waals surface area contributed by atoms with Crippen molar-refractivity contribution in [2.24, 2.45) is 0 Å². The molecular formula is C5H9FN4. The van der Waals surface area contributed by atoms with Gasteiger partial charge >= 0.3 is 6.08 Å². The Morgan fingerprint density at radius 3 is 2.90 bits per heavy atom. The van der Waals surface area contributed by atoms with E-state index in [1.54, 1.807) is 0 Å². The first-order chi connectivity index (χ1) is 4.83. The molecule has 0 aliphatic carbocycles. The molecule has 0 radical (unpaired) electrons. The van der Waals surface area contributed by atoms with Gasteiger partial charge in [0.15, 0.2) is 0 Å². The highest BCUT2D eigenvalue weighted by atomic mass is 19.1. The van der Waals surface area contributed by atoms with Crippen LogP contribution in [0.25, 0.3) is 0 Å². The van der Waals surface area contributed by atoms with Crippen LogP contribution in [0.5, 0.6) is 0 Å². The number of aromatic nitrogens is 4. The lowest BCUT2D eigenvalue weighted by molar-refractivity contribution is 0.475. The average molecular weight is 144 g/mol. The van der Waals surface area contributed by atoms with Crippen LogP contribution in [-0.2, 0) is 6.54 Å². The second kappa shape index (κ2) is 3.24.